The third kappa shape index (κ3) is 4.42. The van der Waals surface area contributed by atoms with Crippen molar-refractivity contribution in [1.29, 1.82) is 0 Å². The lowest BCUT2D eigenvalue weighted by molar-refractivity contribution is 0.127. The molecule has 0 bridgehead atoms. The molecule has 1 fully saturated rings. The van der Waals surface area contributed by atoms with Gasteiger partial charge in [0.1, 0.15) is 5.82 Å². The highest BCUT2D eigenvalue weighted by molar-refractivity contribution is 5.30. The molecule has 0 radical (unpaired) electrons. The Balaban J connectivity index is 1.86. The minimum absolute atomic E-state index is 0.669. The normalized spacial score (nSPS) is 20.3. The van der Waals surface area contributed by atoms with Crippen LogP contribution in [0.2, 0.25) is 0 Å². The molecule has 0 aliphatic carbocycles. The van der Waals surface area contributed by atoms with Crippen LogP contribution >= 0.6 is 0 Å². The van der Waals surface area contributed by atoms with Crippen molar-refractivity contribution >= 4 is 5.82 Å². The van der Waals surface area contributed by atoms with Gasteiger partial charge in [-0.2, -0.15) is 0 Å². The molecule has 1 aromatic rings. The fraction of sp³-hybridized carbons (Fsp3) is 0.733. The van der Waals surface area contributed by atoms with Crippen LogP contribution < -0.4 is 5.32 Å². The van der Waals surface area contributed by atoms with E-state index in [1.54, 1.807) is 0 Å². The van der Waals surface area contributed by atoms with Crippen LogP contribution in [0.4, 0.5) is 5.82 Å². The Morgan fingerprint density at radius 1 is 1.35 bits per heavy atom. The largest absolute Gasteiger partial charge is 0.369 e. The van der Waals surface area contributed by atoms with Gasteiger partial charge in [0, 0.05) is 25.7 Å². The fourth-order valence-electron chi connectivity index (χ4n) is 2.61. The Morgan fingerprint density at radius 3 is 2.85 bits per heavy atom. The van der Waals surface area contributed by atoms with Crippen molar-refractivity contribution in [3.63, 3.8) is 0 Å². The first-order valence-corrected chi connectivity index (χ1v) is 7.62. The number of piperidine rings is 1. The van der Waals surface area contributed by atoms with Gasteiger partial charge in [-0.15, -0.1) is 0 Å². The van der Waals surface area contributed by atoms with Crippen LogP contribution in [-0.2, 0) is 6.54 Å². The Kier molecular flexibility index (Phi) is 5.73. The van der Waals surface area contributed by atoms with Crippen molar-refractivity contribution < 1.29 is 0 Å². The molecule has 2 rings (SSSR count). The summed E-state index contributed by atoms with van der Waals surface area (Å²) >= 11 is 0. The van der Waals surface area contributed by atoms with Gasteiger partial charge in [0.15, 0.2) is 0 Å². The summed E-state index contributed by atoms with van der Waals surface area (Å²) in [5, 5.41) is 3.25. The zero-order valence-electron chi connectivity index (χ0n) is 13.0. The van der Waals surface area contributed by atoms with E-state index in [1.165, 1.54) is 19.4 Å². The van der Waals surface area contributed by atoms with Gasteiger partial charge in [-0.3, -0.25) is 9.88 Å². The molecule has 0 spiro atoms. The van der Waals surface area contributed by atoms with Crippen LogP contribution in [0.1, 0.15) is 31.9 Å². The second kappa shape index (κ2) is 7.55. The van der Waals surface area contributed by atoms with E-state index >= 15 is 0 Å². The number of nitrogens with zero attached hydrogens (tertiary/aromatic N) is 4. The summed E-state index contributed by atoms with van der Waals surface area (Å²) in [4.78, 5) is 13.8. The molecule has 1 aliphatic rings. The number of aromatic nitrogens is 2. The molecule has 0 aromatic carbocycles. The zero-order valence-corrected chi connectivity index (χ0v) is 13.0. The molecule has 1 aliphatic heterocycles. The van der Waals surface area contributed by atoms with E-state index < -0.39 is 0 Å². The zero-order chi connectivity index (χ0) is 14.4. The van der Waals surface area contributed by atoms with Crippen molar-refractivity contribution in [2.45, 2.75) is 38.8 Å². The predicted octanol–water partition coefficient (Wildman–Crippen LogP) is 1.82. The smallest absolute Gasteiger partial charge is 0.144 e. The monoisotopic (exact) mass is 277 g/mol. The average Bonchev–Trinajstić information content (AvgIpc) is 2.47. The second-order valence-electron chi connectivity index (χ2n) is 5.81. The highest BCUT2D eigenvalue weighted by Gasteiger charge is 2.21. The SMILES string of the molecule is CCCNc1cnc(CN2CCCC(N(C)C)C2)cn1. The summed E-state index contributed by atoms with van der Waals surface area (Å²) in [6.07, 6.45) is 7.42. The molecule has 1 aromatic heterocycles. The third-order valence-corrected chi connectivity index (χ3v) is 3.86. The van der Waals surface area contributed by atoms with E-state index in [0.29, 0.717) is 6.04 Å². The van der Waals surface area contributed by atoms with Crippen molar-refractivity contribution in [1.82, 2.24) is 19.8 Å². The van der Waals surface area contributed by atoms with Crippen LogP contribution in [0, 0.1) is 0 Å². The van der Waals surface area contributed by atoms with E-state index in [2.05, 4.69) is 46.1 Å². The van der Waals surface area contributed by atoms with Crippen LogP contribution in [0.15, 0.2) is 12.4 Å². The van der Waals surface area contributed by atoms with Crippen LogP contribution in [0.3, 0.4) is 0 Å². The first-order chi connectivity index (χ1) is 9.69. The standard InChI is InChI=1S/C15H27N5/c1-4-7-16-15-10-17-13(9-18-15)11-20-8-5-6-14(12-20)19(2)3/h9-10,14H,4-8,11-12H2,1-3H3,(H,16,18). The molecule has 5 nitrogen and oxygen atoms in total. The lowest BCUT2D eigenvalue weighted by Gasteiger charge is -2.35. The first kappa shape index (κ1) is 15.2. The van der Waals surface area contributed by atoms with Crippen LogP contribution in [-0.4, -0.2) is 59.5 Å². The lowest BCUT2D eigenvalue weighted by Crippen LogP contribution is -2.44. The van der Waals surface area contributed by atoms with E-state index in [0.717, 1.165) is 37.6 Å². The molecule has 1 unspecified atom stereocenters. The van der Waals surface area contributed by atoms with E-state index in [1.807, 2.05) is 12.4 Å². The average molecular weight is 277 g/mol. The third-order valence-electron chi connectivity index (χ3n) is 3.86. The molecule has 5 heteroatoms. The van der Waals surface area contributed by atoms with Crippen molar-refractivity contribution in [3.8, 4) is 0 Å². The quantitative estimate of drug-likeness (QED) is 0.859. The number of hydrogen-bond donors (Lipinski definition) is 1. The molecule has 1 saturated heterocycles. The Bertz CT molecular complexity index is 390. The highest BCUT2D eigenvalue weighted by atomic mass is 15.2. The lowest BCUT2D eigenvalue weighted by atomic mass is 10.0. The van der Waals surface area contributed by atoms with Crippen LogP contribution in [0.25, 0.3) is 0 Å². The maximum Gasteiger partial charge on any atom is 0.144 e. The Hall–Kier alpha value is -1.20. The van der Waals surface area contributed by atoms with Crippen molar-refractivity contribution in [2.75, 3.05) is 39.0 Å². The van der Waals surface area contributed by atoms with Gasteiger partial charge in [-0.25, -0.2) is 4.98 Å². The molecule has 0 saturated carbocycles. The number of likely N-dealkylation sites (N-methyl/N-ethyl adjacent to an activating group) is 1. The van der Waals surface area contributed by atoms with E-state index in [-0.39, 0.29) is 0 Å². The molecule has 1 atom stereocenters. The van der Waals surface area contributed by atoms with Gasteiger partial charge >= 0.3 is 0 Å². The first-order valence-electron chi connectivity index (χ1n) is 7.62. The summed E-state index contributed by atoms with van der Waals surface area (Å²) in [7, 11) is 4.34. The molecule has 1 N–H and O–H groups in total. The number of likely N-dealkylation sites (tertiary alicyclic amines) is 1. The number of anilines is 1. The second-order valence-corrected chi connectivity index (χ2v) is 5.81. The highest BCUT2D eigenvalue weighted by Crippen LogP contribution is 2.15. The Labute approximate surface area is 122 Å². The maximum atomic E-state index is 4.52. The van der Waals surface area contributed by atoms with Crippen LogP contribution in [0.5, 0.6) is 0 Å². The van der Waals surface area contributed by atoms with E-state index in [9.17, 15) is 0 Å². The fourth-order valence-corrected chi connectivity index (χ4v) is 2.61. The minimum atomic E-state index is 0.669. The molecule has 0 amide bonds. The van der Waals surface area contributed by atoms with Crippen molar-refractivity contribution in [3.05, 3.63) is 18.1 Å². The Morgan fingerprint density at radius 2 is 2.20 bits per heavy atom. The number of nitrogens with one attached hydrogen (secondary N) is 1. The molecule has 112 valence electrons. The van der Waals surface area contributed by atoms with Crippen molar-refractivity contribution in [2.24, 2.45) is 0 Å². The molecular formula is C15H27N5. The molecule has 2 heterocycles. The maximum absolute atomic E-state index is 4.52. The van der Waals surface area contributed by atoms with Gasteiger partial charge in [-0.1, -0.05) is 6.92 Å². The van der Waals surface area contributed by atoms with Gasteiger partial charge in [0.05, 0.1) is 18.1 Å². The minimum Gasteiger partial charge on any atom is -0.369 e. The summed E-state index contributed by atoms with van der Waals surface area (Å²) in [6, 6.07) is 0.669. The molecular weight excluding hydrogens is 250 g/mol. The van der Waals surface area contributed by atoms with Gasteiger partial charge in [-0.05, 0) is 39.9 Å². The van der Waals surface area contributed by atoms with Gasteiger partial charge in [0.2, 0.25) is 0 Å². The number of hydrogen-bond acceptors (Lipinski definition) is 5. The summed E-state index contributed by atoms with van der Waals surface area (Å²) in [5.74, 6) is 0.875. The number of rotatable bonds is 6. The summed E-state index contributed by atoms with van der Waals surface area (Å²) < 4.78 is 0. The topological polar surface area (TPSA) is 44.3 Å². The summed E-state index contributed by atoms with van der Waals surface area (Å²) in [6.45, 7) is 6.30. The summed E-state index contributed by atoms with van der Waals surface area (Å²) in [5.41, 5.74) is 1.06. The van der Waals surface area contributed by atoms with E-state index in [4.69, 9.17) is 0 Å². The van der Waals surface area contributed by atoms with Gasteiger partial charge in [0.25, 0.3) is 0 Å². The predicted molar refractivity (Wildman–Crippen MR) is 82.8 cm³/mol. The van der Waals surface area contributed by atoms with Gasteiger partial charge < -0.3 is 10.2 Å². The molecule has 20 heavy (non-hydrogen) atoms.